The fourth-order valence-electron chi connectivity index (χ4n) is 4.02. The van der Waals surface area contributed by atoms with Crippen molar-refractivity contribution in [2.75, 3.05) is 6.66 Å². The molecular weight excluding hydrogens is 387 g/mol. The Kier molecular flexibility index (Phi) is 6.33. The Bertz CT molecular complexity index is 814. The zero-order valence-electron chi connectivity index (χ0n) is 16.1. The first-order chi connectivity index (χ1) is 13.8. The van der Waals surface area contributed by atoms with E-state index in [0.717, 1.165) is 0 Å². The first-order valence-electron chi connectivity index (χ1n) is 9.76. The number of hydrogen-bond donors (Lipinski definition) is 0. The SMILES string of the molecule is CP([SiH](c1ccccc1)c1ccccc1)[SiH](c1ccccc1)c1ccccc1. The summed E-state index contributed by atoms with van der Waals surface area (Å²) < 4.78 is 0. The lowest BCUT2D eigenvalue weighted by molar-refractivity contribution is 1.74. The molecule has 0 spiro atoms. The van der Waals surface area contributed by atoms with Crippen molar-refractivity contribution in [1.29, 1.82) is 0 Å². The Morgan fingerprint density at radius 1 is 0.393 bits per heavy atom. The zero-order chi connectivity index (χ0) is 19.2. The molecule has 0 N–H and O–H groups in total. The Morgan fingerprint density at radius 2 is 0.607 bits per heavy atom. The summed E-state index contributed by atoms with van der Waals surface area (Å²) in [5.74, 6) is 0. The van der Waals surface area contributed by atoms with Gasteiger partial charge in [-0.05, 0) is 0 Å². The van der Waals surface area contributed by atoms with Crippen molar-refractivity contribution >= 4 is 44.7 Å². The average molecular weight is 413 g/mol. The lowest BCUT2D eigenvalue weighted by Gasteiger charge is -2.31. The standard InChI is InChI=1S/C25H25PSi2/c1-26(27(22-14-6-2-7-15-22)23-16-8-3-9-17-23)28(24-18-10-4-11-19-24)25-20-12-5-13-21-25/h2-21,27-28H,1H3. The van der Waals surface area contributed by atoms with Gasteiger partial charge in [-0.15, -0.1) is 7.02 Å². The lowest BCUT2D eigenvalue weighted by atomic mass is 10.4. The van der Waals surface area contributed by atoms with E-state index < -0.39 is 16.9 Å². The molecule has 4 aromatic carbocycles. The van der Waals surface area contributed by atoms with E-state index in [9.17, 15) is 0 Å². The van der Waals surface area contributed by atoms with Crippen molar-refractivity contribution < 1.29 is 0 Å². The first kappa shape index (κ1) is 19.1. The van der Waals surface area contributed by atoms with Gasteiger partial charge in [-0.25, -0.2) is 0 Å². The molecule has 0 bridgehead atoms. The second-order valence-electron chi connectivity index (χ2n) is 7.11. The van der Waals surface area contributed by atoms with Crippen LogP contribution in [-0.2, 0) is 0 Å². The molecule has 0 atom stereocenters. The average Bonchev–Trinajstić information content (AvgIpc) is 2.77. The first-order valence-corrected chi connectivity index (χ1v) is 17.1. The topological polar surface area (TPSA) is 0 Å². The van der Waals surface area contributed by atoms with Crippen LogP contribution in [-0.4, -0.2) is 23.6 Å². The molecule has 0 radical (unpaired) electrons. The van der Waals surface area contributed by atoms with Crippen LogP contribution in [0, 0.1) is 0 Å². The molecule has 0 unspecified atom stereocenters. The molecule has 28 heavy (non-hydrogen) atoms. The fraction of sp³-hybridized carbons (Fsp3) is 0.0400. The third-order valence-corrected chi connectivity index (χ3v) is 24.8. The smallest absolute Gasteiger partial charge is 0.120 e. The van der Waals surface area contributed by atoms with E-state index in [1.807, 2.05) is 0 Å². The third kappa shape index (κ3) is 4.25. The number of rotatable bonds is 6. The van der Waals surface area contributed by atoms with Gasteiger partial charge in [0.2, 0.25) is 0 Å². The van der Waals surface area contributed by atoms with Crippen molar-refractivity contribution in [3.63, 3.8) is 0 Å². The predicted molar refractivity (Wildman–Crippen MR) is 131 cm³/mol. The van der Waals surface area contributed by atoms with E-state index in [4.69, 9.17) is 0 Å². The second kappa shape index (κ2) is 9.29. The molecule has 0 aliphatic heterocycles. The third-order valence-electron chi connectivity index (χ3n) is 5.28. The van der Waals surface area contributed by atoms with Crippen LogP contribution < -0.4 is 20.7 Å². The summed E-state index contributed by atoms with van der Waals surface area (Å²) in [4.78, 5) is 0. The summed E-state index contributed by atoms with van der Waals surface area (Å²) >= 11 is 0. The van der Waals surface area contributed by atoms with Gasteiger partial charge in [0.1, 0.15) is 16.9 Å². The minimum Gasteiger partial charge on any atom is -0.120 e. The van der Waals surface area contributed by atoms with Crippen LogP contribution >= 0.6 is 7.02 Å². The van der Waals surface area contributed by atoms with Gasteiger partial charge in [-0.1, -0.05) is 149 Å². The molecule has 0 amide bonds. The maximum Gasteiger partial charge on any atom is 0.124 e. The van der Waals surface area contributed by atoms with Gasteiger partial charge >= 0.3 is 0 Å². The monoisotopic (exact) mass is 412 g/mol. The molecule has 138 valence electrons. The Hall–Kier alpha value is -2.26. The largest absolute Gasteiger partial charge is 0.124 e. The van der Waals surface area contributed by atoms with E-state index in [0.29, 0.717) is 0 Å². The molecule has 0 nitrogen and oxygen atoms in total. The highest BCUT2D eigenvalue weighted by Gasteiger charge is 2.32. The Morgan fingerprint density at radius 3 is 0.821 bits per heavy atom. The van der Waals surface area contributed by atoms with Crippen molar-refractivity contribution in [2.45, 2.75) is 0 Å². The summed E-state index contributed by atoms with van der Waals surface area (Å²) in [6.07, 6.45) is 0. The molecule has 0 aliphatic rings. The molecule has 3 heteroatoms. The molecule has 0 saturated heterocycles. The maximum atomic E-state index is 2.59. The van der Waals surface area contributed by atoms with Gasteiger partial charge in [0.15, 0.2) is 0 Å². The molecule has 0 fully saturated rings. The van der Waals surface area contributed by atoms with Crippen molar-refractivity contribution in [3.05, 3.63) is 121 Å². The van der Waals surface area contributed by atoms with Crippen LogP contribution in [0.4, 0.5) is 0 Å². The molecule has 0 heterocycles. The van der Waals surface area contributed by atoms with Crippen LogP contribution in [0.1, 0.15) is 0 Å². The molecular formula is C25H25PSi2. The van der Waals surface area contributed by atoms with Gasteiger partial charge in [0.25, 0.3) is 0 Å². The van der Waals surface area contributed by atoms with E-state index in [-0.39, 0.29) is 7.02 Å². The maximum absolute atomic E-state index is 2.59. The van der Waals surface area contributed by atoms with Gasteiger partial charge in [-0.3, -0.25) is 0 Å². The molecule has 4 rings (SSSR count). The minimum absolute atomic E-state index is 0.135. The molecule has 0 aromatic heterocycles. The van der Waals surface area contributed by atoms with Gasteiger partial charge in [-0.2, -0.15) is 0 Å². The van der Waals surface area contributed by atoms with Gasteiger partial charge in [0, 0.05) is 0 Å². The molecule has 0 saturated carbocycles. The lowest BCUT2D eigenvalue weighted by Crippen LogP contribution is -2.50. The van der Waals surface area contributed by atoms with Crippen LogP contribution in [0.15, 0.2) is 121 Å². The molecule has 0 aliphatic carbocycles. The van der Waals surface area contributed by atoms with E-state index >= 15 is 0 Å². The summed E-state index contributed by atoms with van der Waals surface area (Å²) in [6, 6.07) is 45.2. The minimum atomic E-state index is -1.32. The predicted octanol–water partition coefficient (Wildman–Crippen LogP) is 3.17. The zero-order valence-corrected chi connectivity index (χ0v) is 19.4. The van der Waals surface area contributed by atoms with Crippen molar-refractivity contribution in [1.82, 2.24) is 0 Å². The van der Waals surface area contributed by atoms with Crippen LogP contribution in [0.3, 0.4) is 0 Å². The summed E-state index contributed by atoms with van der Waals surface area (Å²) in [5, 5.41) is 6.30. The van der Waals surface area contributed by atoms with Crippen LogP contribution in [0.25, 0.3) is 0 Å². The highest BCUT2D eigenvalue weighted by atomic mass is 31.6. The highest BCUT2D eigenvalue weighted by molar-refractivity contribution is 8.17. The van der Waals surface area contributed by atoms with Crippen molar-refractivity contribution in [3.8, 4) is 0 Å². The summed E-state index contributed by atoms with van der Waals surface area (Å²) in [5.41, 5.74) is 0. The highest BCUT2D eigenvalue weighted by Crippen LogP contribution is 2.37. The Labute approximate surface area is 172 Å². The number of hydrogen-bond acceptors (Lipinski definition) is 0. The normalized spacial score (nSPS) is 11.3. The van der Waals surface area contributed by atoms with Crippen LogP contribution in [0.5, 0.6) is 0 Å². The van der Waals surface area contributed by atoms with Crippen LogP contribution in [0.2, 0.25) is 0 Å². The van der Waals surface area contributed by atoms with Crippen molar-refractivity contribution in [2.24, 2.45) is 0 Å². The fourth-order valence-corrected chi connectivity index (χ4v) is 26.8. The van der Waals surface area contributed by atoms with Gasteiger partial charge < -0.3 is 0 Å². The molecule has 4 aromatic rings. The van der Waals surface area contributed by atoms with E-state index in [2.05, 4.69) is 128 Å². The van der Waals surface area contributed by atoms with E-state index in [1.165, 1.54) is 0 Å². The second-order valence-corrected chi connectivity index (χ2v) is 22.5. The van der Waals surface area contributed by atoms with Gasteiger partial charge in [0.05, 0.1) is 0 Å². The van der Waals surface area contributed by atoms with E-state index in [1.54, 1.807) is 20.7 Å². The number of benzene rings is 4. The quantitative estimate of drug-likeness (QED) is 0.337. The Balaban J connectivity index is 1.84. The summed E-state index contributed by atoms with van der Waals surface area (Å²) in [7, 11) is -2.77. The summed E-state index contributed by atoms with van der Waals surface area (Å²) in [6.45, 7) is 2.59.